The first-order valence-electron chi connectivity index (χ1n) is 5.86. The van der Waals surface area contributed by atoms with Gasteiger partial charge in [0.25, 0.3) is 0 Å². The number of anilines is 3. The molecule has 1 heterocycles. The van der Waals surface area contributed by atoms with E-state index < -0.39 is 5.82 Å². The molecule has 2 rings (SSSR count). The van der Waals surface area contributed by atoms with Crippen molar-refractivity contribution in [1.29, 1.82) is 5.26 Å². The van der Waals surface area contributed by atoms with Crippen LogP contribution in [-0.4, -0.2) is 16.5 Å². The monoisotopic (exact) mass is 335 g/mol. The maximum absolute atomic E-state index is 13.3. The molecule has 2 N–H and O–H groups in total. The Hall–Kier alpha value is -2.20. The summed E-state index contributed by atoms with van der Waals surface area (Å²) < 4.78 is 13.9. The average Bonchev–Trinajstić information content (AvgIpc) is 2.45. The highest BCUT2D eigenvalue weighted by Crippen LogP contribution is 2.29. The highest BCUT2D eigenvalue weighted by Gasteiger charge is 2.09. The van der Waals surface area contributed by atoms with Gasteiger partial charge in [-0.25, -0.2) is 14.4 Å². The smallest absolute Gasteiger partial charge is 0.150 e. The Kier molecular flexibility index (Phi) is 4.48. The lowest BCUT2D eigenvalue weighted by molar-refractivity contribution is 0.624. The van der Waals surface area contributed by atoms with Crippen molar-refractivity contribution in [2.24, 2.45) is 0 Å². The average molecular weight is 336 g/mol. The van der Waals surface area contributed by atoms with Crippen molar-refractivity contribution in [3.63, 3.8) is 0 Å². The third-order valence-corrected chi connectivity index (χ3v) is 3.23. The topological polar surface area (TPSA) is 73.6 Å². The number of hydrogen-bond donors (Lipinski definition) is 2. The van der Waals surface area contributed by atoms with Crippen LogP contribution in [-0.2, 0) is 0 Å². The lowest BCUT2D eigenvalue weighted by Crippen LogP contribution is -2.04. The molecule has 20 heavy (non-hydrogen) atoms. The van der Waals surface area contributed by atoms with Gasteiger partial charge in [-0.1, -0.05) is 0 Å². The van der Waals surface area contributed by atoms with Gasteiger partial charge in [0.05, 0.1) is 5.56 Å². The van der Waals surface area contributed by atoms with Gasteiger partial charge in [0.1, 0.15) is 34.3 Å². The van der Waals surface area contributed by atoms with Crippen LogP contribution in [0.15, 0.2) is 29.0 Å². The Morgan fingerprint density at radius 1 is 1.35 bits per heavy atom. The molecule has 0 saturated carbocycles. The fraction of sp³-hybridized carbons (Fsp3) is 0.154. The summed E-state index contributed by atoms with van der Waals surface area (Å²) in [5.74, 6) is 0.646. The molecule has 2 aromatic rings. The molecule has 0 atom stereocenters. The lowest BCUT2D eigenvalue weighted by atomic mass is 10.2. The fourth-order valence-electron chi connectivity index (χ4n) is 1.57. The van der Waals surface area contributed by atoms with E-state index in [1.807, 2.05) is 6.92 Å². The molecule has 0 radical (unpaired) electrons. The predicted molar refractivity (Wildman–Crippen MR) is 78.3 cm³/mol. The van der Waals surface area contributed by atoms with Crippen LogP contribution in [0.4, 0.5) is 21.7 Å². The lowest BCUT2D eigenvalue weighted by Gasteiger charge is -2.11. The second kappa shape index (κ2) is 6.30. The van der Waals surface area contributed by atoms with Crippen LogP contribution in [0.1, 0.15) is 12.5 Å². The van der Waals surface area contributed by atoms with Crippen molar-refractivity contribution in [2.45, 2.75) is 6.92 Å². The number of rotatable bonds is 4. The zero-order valence-electron chi connectivity index (χ0n) is 10.6. The number of aromatic nitrogens is 2. The molecule has 5 nitrogen and oxygen atoms in total. The van der Waals surface area contributed by atoms with Crippen LogP contribution in [0, 0.1) is 17.1 Å². The second-order valence-corrected chi connectivity index (χ2v) is 4.64. The van der Waals surface area contributed by atoms with Gasteiger partial charge in [-0.3, -0.25) is 0 Å². The molecule has 0 aliphatic carbocycles. The third-order valence-electron chi connectivity index (χ3n) is 2.48. The Bertz CT molecular complexity index is 668. The number of benzene rings is 1. The van der Waals surface area contributed by atoms with Crippen LogP contribution >= 0.6 is 15.9 Å². The number of hydrogen-bond acceptors (Lipinski definition) is 5. The SMILES string of the molecule is CCNc1ncnc(Nc2ccc(F)c(C#N)c2)c1Br. The summed E-state index contributed by atoms with van der Waals surface area (Å²) in [4.78, 5) is 8.21. The first-order chi connectivity index (χ1) is 9.65. The van der Waals surface area contributed by atoms with E-state index in [-0.39, 0.29) is 5.56 Å². The van der Waals surface area contributed by atoms with Crippen LogP contribution in [0.5, 0.6) is 0 Å². The van der Waals surface area contributed by atoms with Crippen LogP contribution in [0.2, 0.25) is 0 Å². The zero-order chi connectivity index (χ0) is 14.5. The van der Waals surface area contributed by atoms with Gasteiger partial charge in [-0.05, 0) is 41.1 Å². The van der Waals surface area contributed by atoms with Crippen molar-refractivity contribution in [2.75, 3.05) is 17.2 Å². The van der Waals surface area contributed by atoms with Crippen LogP contribution < -0.4 is 10.6 Å². The van der Waals surface area contributed by atoms with E-state index in [2.05, 4.69) is 36.5 Å². The fourth-order valence-corrected chi connectivity index (χ4v) is 2.02. The van der Waals surface area contributed by atoms with Gasteiger partial charge in [0.2, 0.25) is 0 Å². The van der Waals surface area contributed by atoms with Gasteiger partial charge >= 0.3 is 0 Å². The standard InChI is InChI=1S/C13H11BrFN5/c1-2-17-12-11(14)13(19-7-18-12)20-9-3-4-10(15)8(5-9)6-16/h3-5,7H,2H2,1H3,(H2,17,18,19,20). The predicted octanol–water partition coefficient (Wildman–Crippen LogP) is 3.43. The van der Waals surface area contributed by atoms with Gasteiger partial charge < -0.3 is 10.6 Å². The Morgan fingerprint density at radius 3 is 2.80 bits per heavy atom. The number of halogens is 2. The van der Waals surface area contributed by atoms with Crippen molar-refractivity contribution >= 4 is 33.3 Å². The van der Waals surface area contributed by atoms with E-state index in [0.717, 1.165) is 6.54 Å². The molecule has 1 aromatic carbocycles. The quantitative estimate of drug-likeness (QED) is 0.895. The van der Waals surface area contributed by atoms with E-state index in [1.165, 1.54) is 24.5 Å². The van der Waals surface area contributed by atoms with E-state index in [9.17, 15) is 4.39 Å². The summed E-state index contributed by atoms with van der Waals surface area (Å²) in [7, 11) is 0. The summed E-state index contributed by atoms with van der Waals surface area (Å²) in [5.41, 5.74) is 0.553. The highest BCUT2D eigenvalue weighted by molar-refractivity contribution is 9.10. The Balaban J connectivity index is 2.31. The molecule has 1 aromatic heterocycles. The second-order valence-electron chi connectivity index (χ2n) is 3.85. The first kappa shape index (κ1) is 14.2. The van der Waals surface area contributed by atoms with Gasteiger partial charge in [-0.15, -0.1) is 0 Å². The molecule has 0 saturated heterocycles. The van der Waals surface area contributed by atoms with Crippen molar-refractivity contribution in [1.82, 2.24) is 9.97 Å². The Morgan fingerprint density at radius 2 is 2.10 bits per heavy atom. The molecule has 102 valence electrons. The largest absolute Gasteiger partial charge is 0.369 e. The molecule has 0 amide bonds. The molecule has 0 bridgehead atoms. The number of nitriles is 1. The van der Waals surface area contributed by atoms with Crippen molar-refractivity contribution in [3.05, 3.63) is 40.4 Å². The summed E-state index contributed by atoms with van der Waals surface area (Å²) in [6.07, 6.45) is 1.42. The molecule has 0 aliphatic rings. The molecule has 0 aliphatic heterocycles. The van der Waals surface area contributed by atoms with Crippen molar-refractivity contribution in [3.8, 4) is 6.07 Å². The van der Waals surface area contributed by atoms with E-state index in [4.69, 9.17) is 5.26 Å². The van der Waals surface area contributed by atoms with Crippen LogP contribution in [0.3, 0.4) is 0 Å². The van der Waals surface area contributed by atoms with E-state index in [0.29, 0.717) is 21.8 Å². The Labute approximate surface area is 124 Å². The normalized spacial score (nSPS) is 9.90. The van der Waals surface area contributed by atoms with E-state index >= 15 is 0 Å². The highest BCUT2D eigenvalue weighted by atomic mass is 79.9. The maximum Gasteiger partial charge on any atom is 0.150 e. The molecule has 0 spiro atoms. The molecular formula is C13H11BrFN5. The summed E-state index contributed by atoms with van der Waals surface area (Å²) in [6, 6.07) is 6.00. The van der Waals surface area contributed by atoms with Gasteiger partial charge in [0.15, 0.2) is 0 Å². The van der Waals surface area contributed by atoms with Gasteiger partial charge in [0, 0.05) is 12.2 Å². The summed E-state index contributed by atoms with van der Waals surface area (Å²) in [6.45, 7) is 2.69. The maximum atomic E-state index is 13.3. The minimum atomic E-state index is -0.548. The molecule has 0 fully saturated rings. The summed E-state index contributed by atoms with van der Waals surface area (Å²) in [5, 5.41) is 14.9. The molecular weight excluding hydrogens is 325 g/mol. The zero-order valence-corrected chi connectivity index (χ0v) is 12.2. The molecule has 7 heteroatoms. The summed E-state index contributed by atoms with van der Waals surface area (Å²) >= 11 is 3.40. The van der Waals surface area contributed by atoms with E-state index in [1.54, 1.807) is 6.07 Å². The minimum absolute atomic E-state index is 0.0212. The van der Waals surface area contributed by atoms with Crippen LogP contribution in [0.25, 0.3) is 0 Å². The number of nitrogens with zero attached hydrogens (tertiary/aromatic N) is 3. The van der Waals surface area contributed by atoms with Gasteiger partial charge in [-0.2, -0.15) is 5.26 Å². The first-order valence-corrected chi connectivity index (χ1v) is 6.66. The van der Waals surface area contributed by atoms with Crippen molar-refractivity contribution < 1.29 is 4.39 Å². The third kappa shape index (κ3) is 3.03. The minimum Gasteiger partial charge on any atom is -0.369 e. The molecule has 0 unspecified atom stereocenters. The number of nitrogens with one attached hydrogen (secondary N) is 2.